The molecule has 0 spiro atoms. The molecule has 0 aliphatic heterocycles. The van der Waals surface area contributed by atoms with Crippen LogP contribution in [0, 0.1) is 0 Å². The van der Waals surface area contributed by atoms with E-state index in [1.165, 1.54) is 24.3 Å². The number of aromatic hydroxyl groups is 1. The normalized spacial score (nSPS) is 11.7. The molecule has 2 N–H and O–H groups in total. The summed E-state index contributed by atoms with van der Waals surface area (Å²) < 4.78 is 23.8. The van der Waals surface area contributed by atoms with Gasteiger partial charge in [-0.2, -0.15) is 13.5 Å². The van der Waals surface area contributed by atoms with E-state index in [9.17, 15) is 13.5 Å². The van der Waals surface area contributed by atoms with Crippen molar-refractivity contribution in [3.05, 3.63) is 58.1 Å². The minimum Gasteiger partial charge on any atom is -0.506 e. The highest BCUT2D eigenvalue weighted by molar-refractivity contribution is 7.89. The molecule has 0 saturated carbocycles. The maximum absolute atomic E-state index is 11.9. The second-order valence-corrected chi connectivity index (χ2v) is 6.50. The number of sulfonamides is 1. The molecule has 0 unspecified atom stereocenters. The first-order chi connectivity index (χ1) is 9.90. The van der Waals surface area contributed by atoms with Gasteiger partial charge in [0.15, 0.2) is 0 Å². The van der Waals surface area contributed by atoms with E-state index in [2.05, 4.69) is 5.10 Å². The fourth-order valence-corrected chi connectivity index (χ4v) is 2.82. The van der Waals surface area contributed by atoms with Crippen LogP contribution in [0.2, 0.25) is 10.0 Å². The van der Waals surface area contributed by atoms with Gasteiger partial charge in [0.2, 0.25) is 0 Å². The molecule has 0 atom stereocenters. The van der Waals surface area contributed by atoms with E-state index >= 15 is 0 Å². The summed E-state index contributed by atoms with van der Waals surface area (Å²) in [4.78, 5) is 2.11. The number of nitrogens with one attached hydrogen (secondary N) is 1. The zero-order chi connectivity index (χ0) is 15.5. The van der Waals surface area contributed by atoms with Crippen molar-refractivity contribution in [1.82, 2.24) is 4.83 Å². The number of hydrogen-bond donors (Lipinski definition) is 2. The van der Waals surface area contributed by atoms with E-state index in [1.54, 1.807) is 18.2 Å². The maximum Gasteiger partial charge on any atom is 0.276 e. The van der Waals surface area contributed by atoms with Gasteiger partial charge in [-0.05, 0) is 24.3 Å². The van der Waals surface area contributed by atoms with Crippen LogP contribution in [0.15, 0.2) is 52.5 Å². The molecule has 21 heavy (non-hydrogen) atoms. The molecule has 0 heterocycles. The molecule has 0 radical (unpaired) electrons. The molecule has 2 rings (SSSR count). The lowest BCUT2D eigenvalue weighted by molar-refractivity contribution is 0.474. The average Bonchev–Trinajstić information content (AvgIpc) is 2.45. The van der Waals surface area contributed by atoms with E-state index in [0.29, 0.717) is 5.02 Å². The maximum atomic E-state index is 11.9. The van der Waals surface area contributed by atoms with Crippen LogP contribution < -0.4 is 4.83 Å². The lowest BCUT2D eigenvalue weighted by atomic mass is 10.2. The molecule has 2 aromatic rings. The Labute approximate surface area is 131 Å². The molecule has 0 aliphatic carbocycles. The Balaban J connectivity index is 2.20. The van der Waals surface area contributed by atoms with Gasteiger partial charge in [-0.15, -0.1) is 0 Å². The van der Waals surface area contributed by atoms with Crippen molar-refractivity contribution in [3.8, 4) is 5.75 Å². The third-order valence-corrected chi connectivity index (χ3v) is 4.23. The Kier molecular flexibility index (Phi) is 4.72. The van der Waals surface area contributed by atoms with Crippen LogP contribution in [0.1, 0.15) is 5.56 Å². The molecule has 8 heteroatoms. The van der Waals surface area contributed by atoms with Gasteiger partial charge >= 0.3 is 0 Å². The van der Waals surface area contributed by atoms with Crippen molar-refractivity contribution < 1.29 is 13.5 Å². The molecule has 5 nitrogen and oxygen atoms in total. The highest BCUT2D eigenvalue weighted by Gasteiger charge is 2.11. The molecular formula is C13H10Cl2N2O3S. The Bertz CT molecular complexity index is 778. The number of hydrazone groups is 1. The first-order valence-electron chi connectivity index (χ1n) is 5.68. The molecule has 0 aromatic heterocycles. The van der Waals surface area contributed by atoms with Crippen LogP contribution in [-0.2, 0) is 10.0 Å². The highest BCUT2D eigenvalue weighted by Crippen LogP contribution is 2.29. The summed E-state index contributed by atoms with van der Waals surface area (Å²) in [6.45, 7) is 0. The number of halogens is 2. The van der Waals surface area contributed by atoms with E-state index in [1.807, 2.05) is 4.83 Å². The number of hydrogen-bond acceptors (Lipinski definition) is 4. The predicted octanol–water partition coefficient (Wildman–Crippen LogP) is 3.01. The SMILES string of the molecule is O=S(=O)(NN=Cc1cc(Cl)cc(Cl)c1O)c1ccccc1. The van der Waals surface area contributed by atoms with E-state index in [0.717, 1.165) is 6.21 Å². The smallest absolute Gasteiger partial charge is 0.276 e. The quantitative estimate of drug-likeness (QED) is 0.660. The predicted molar refractivity (Wildman–Crippen MR) is 82.5 cm³/mol. The zero-order valence-corrected chi connectivity index (χ0v) is 12.8. The fourth-order valence-electron chi connectivity index (χ4n) is 1.50. The van der Waals surface area contributed by atoms with E-state index < -0.39 is 10.0 Å². The van der Waals surface area contributed by atoms with E-state index in [-0.39, 0.29) is 21.2 Å². The Morgan fingerprint density at radius 2 is 1.81 bits per heavy atom. The van der Waals surface area contributed by atoms with Crippen LogP contribution in [-0.4, -0.2) is 19.7 Å². The summed E-state index contributed by atoms with van der Waals surface area (Å²) in [5, 5.41) is 13.6. The first kappa shape index (κ1) is 15.6. The van der Waals surface area contributed by atoms with Gasteiger partial charge in [0.1, 0.15) is 5.75 Å². The van der Waals surface area contributed by atoms with Gasteiger partial charge in [-0.3, -0.25) is 0 Å². The number of benzene rings is 2. The van der Waals surface area contributed by atoms with Gasteiger partial charge in [0, 0.05) is 10.6 Å². The standard InChI is InChI=1S/C13H10Cl2N2O3S/c14-10-6-9(13(18)12(15)7-10)8-16-17-21(19,20)11-4-2-1-3-5-11/h1-8,17-18H. The molecule has 0 aliphatic rings. The molecule has 0 fully saturated rings. The minimum absolute atomic E-state index is 0.0508. The van der Waals surface area contributed by atoms with Crippen LogP contribution in [0.25, 0.3) is 0 Å². The van der Waals surface area contributed by atoms with Crippen molar-refractivity contribution in [2.24, 2.45) is 5.10 Å². The van der Waals surface area contributed by atoms with Gasteiger partial charge in [0.05, 0.1) is 16.1 Å². The summed E-state index contributed by atoms with van der Waals surface area (Å²) in [7, 11) is -3.76. The molecule has 0 amide bonds. The summed E-state index contributed by atoms with van der Waals surface area (Å²) in [5.41, 5.74) is 0.197. The Morgan fingerprint density at radius 3 is 2.48 bits per heavy atom. The van der Waals surface area contributed by atoms with Gasteiger partial charge in [-0.1, -0.05) is 41.4 Å². The van der Waals surface area contributed by atoms with Crippen LogP contribution in [0.4, 0.5) is 0 Å². The Hall–Kier alpha value is -1.76. The second-order valence-electron chi connectivity index (χ2n) is 3.99. The minimum atomic E-state index is -3.76. The molecular weight excluding hydrogens is 335 g/mol. The van der Waals surface area contributed by atoms with Crippen molar-refractivity contribution in [2.75, 3.05) is 0 Å². The van der Waals surface area contributed by atoms with Crippen molar-refractivity contribution in [1.29, 1.82) is 0 Å². The van der Waals surface area contributed by atoms with Crippen molar-refractivity contribution in [2.45, 2.75) is 4.90 Å². The van der Waals surface area contributed by atoms with Crippen LogP contribution in [0.5, 0.6) is 5.75 Å². The van der Waals surface area contributed by atoms with Gasteiger partial charge in [-0.25, -0.2) is 4.83 Å². The number of nitrogens with zero attached hydrogens (tertiary/aromatic N) is 1. The fraction of sp³-hybridized carbons (Fsp3) is 0. The lowest BCUT2D eigenvalue weighted by Gasteiger charge is -2.04. The molecule has 2 aromatic carbocycles. The topological polar surface area (TPSA) is 78.8 Å². The highest BCUT2D eigenvalue weighted by atomic mass is 35.5. The van der Waals surface area contributed by atoms with Crippen molar-refractivity contribution >= 4 is 39.4 Å². The Morgan fingerprint density at radius 1 is 1.14 bits per heavy atom. The largest absolute Gasteiger partial charge is 0.506 e. The van der Waals surface area contributed by atoms with Crippen LogP contribution in [0.3, 0.4) is 0 Å². The summed E-state index contributed by atoms with van der Waals surface area (Å²) in [6, 6.07) is 10.5. The van der Waals surface area contributed by atoms with Crippen molar-refractivity contribution in [3.63, 3.8) is 0 Å². The first-order valence-corrected chi connectivity index (χ1v) is 7.92. The molecule has 0 bridgehead atoms. The molecule has 0 saturated heterocycles. The third kappa shape index (κ3) is 3.87. The van der Waals surface area contributed by atoms with E-state index in [4.69, 9.17) is 23.2 Å². The zero-order valence-electron chi connectivity index (χ0n) is 10.5. The monoisotopic (exact) mass is 344 g/mol. The lowest BCUT2D eigenvalue weighted by Crippen LogP contribution is -2.18. The summed E-state index contributed by atoms with van der Waals surface area (Å²) in [5.74, 6) is -0.233. The molecule has 110 valence electrons. The number of phenolic OH excluding ortho intramolecular Hbond substituents is 1. The number of rotatable bonds is 4. The average molecular weight is 345 g/mol. The van der Waals surface area contributed by atoms with Gasteiger partial charge in [0.25, 0.3) is 10.0 Å². The summed E-state index contributed by atoms with van der Waals surface area (Å²) in [6.07, 6.45) is 1.12. The summed E-state index contributed by atoms with van der Waals surface area (Å²) >= 11 is 11.5. The number of phenols is 1. The van der Waals surface area contributed by atoms with Crippen LogP contribution >= 0.6 is 23.2 Å². The van der Waals surface area contributed by atoms with Gasteiger partial charge < -0.3 is 5.11 Å². The third-order valence-electron chi connectivity index (χ3n) is 2.49. The second kappa shape index (κ2) is 6.34.